The number of rotatable bonds is 9. The quantitative estimate of drug-likeness (QED) is 0.0356. The molecule has 101 heavy (non-hydrogen) atoms. The first kappa shape index (κ1) is 90.5. The van der Waals surface area contributed by atoms with Crippen LogP contribution in [0.4, 0.5) is 17.6 Å². The van der Waals surface area contributed by atoms with Crippen molar-refractivity contribution in [3.63, 3.8) is 0 Å². The van der Waals surface area contributed by atoms with E-state index < -0.39 is 35.0 Å². The van der Waals surface area contributed by atoms with Gasteiger partial charge in [-0.15, -0.1) is 0 Å². The summed E-state index contributed by atoms with van der Waals surface area (Å²) >= 11 is 1.90. The molecule has 10 fully saturated rings. The fourth-order valence-corrected chi connectivity index (χ4v) is 19.7. The molecule has 8 aliphatic carbocycles. The molecule has 561 valence electrons. The summed E-state index contributed by atoms with van der Waals surface area (Å²) in [7, 11) is 0.432. The minimum Gasteiger partial charge on any atom is -0.461 e. The zero-order valence-corrected chi connectivity index (χ0v) is 64.8. The van der Waals surface area contributed by atoms with Gasteiger partial charge >= 0.3 is 74.4 Å². The Hall–Kier alpha value is -4.69. The Morgan fingerprint density at radius 2 is 0.812 bits per heavy atom. The summed E-state index contributed by atoms with van der Waals surface area (Å²) in [6.45, 7) is 25.4. The van der Waals surface area contributed by atoms with Gasteiger partial charge in [0, 0.05) is 47.1 Å². The second kappa shape index (κ2) is 41.9. The van der Waals surface area contributed by atoms with Crippen molar-refractivity contribution in [3.8, 4) is 0 Å². The first-order valence-electron chi connectivity index (χ1n) is 34.2. The summed E-state index contributed by atoms with van der Waals surface area (Å²) in [4.78, 5) is 56.4. The van der Waals surface area contributed by atoms with E-state index in [0.717, 1.165) is 90.6 Å². The van der Waals surface area contributed by atoms with Crippen LogP contribution in [-0.2, 0) is 91.9 Å². The fourth-order valence-electron chi connectivity index (χ4n) is 15.0. The first-order valence-corrected chi connectivity index (χ1v) is 39.1. The van der Waals surface area contributed by atoms with E-state index in [1.165, 1.54) is 51.7 Å². The van der Waals surface area contributed by atoms with Gasteiger partial charge in [-0.2, -0.15) is 121 Å². The van der Waals surface area contributed by atoms with Crippen LogP contribution in [0.15, 0.2) is 138 Å². The van der Waals surface area contributed by atoms with Crippen molar-refractivity contribution in [2.24, 2.45) is 34.5 Å². The largest absolute Gasteiger partial charge is 2.00 e. The number of alkyl halides is 4. The number of aliphatic hydroxyl groups is 2. The molecule has 0 aromatic heterocycles. The van der Waals surface area contributed by atoms with E-state index in [1.54, 1.807) is 0 Å². The van der Waals surface area contributed by atoms with Crippen molar-refractivity contribution in [2.45, 2.75) is 205 Å². The van der Waals surface area contributed by atoms with Gasteiger partial charge in [-0.1, -0.05) is 106 Å². The third kappa shape index (κ3) is 31.9. The van der Waals surface area contributed by atoms with Crippen molar-refractivity contribution in [2.75, 3.05) is 62.7 Å². The van der Waals surface area contributed by atoms with Crippen molar-refractivity contribution in [1.82, 2.24) is 0 Å². The van der Waals surface area contributed by atoms with Crippen LogP contribution < -0.4 is 21.2 Å². The Morgan fingerprint density at radius 1 is 0.515 bits per heavy atom. The second-order valence-corrected chi connectivity index (χ2v) is 37.3. The molecule has 8 bridgehead atoms. The van der Waals surface area contributed by atoms with Gasteiger partial charge in [0.05, 0.1) is 50.8 Å². The molecule has 4 atom stereocenters. The molecule has 5 aromatic carbocycles. The maximum atomic E-state index is 12.8. The maximum absolute atomic E-state index is 12.8. The zero-order chi connectivity index (χ0) is 73.2. The number of ether oxygens (including phenoxy) is 4. The molecule has 4 unspecified atom stereocenters. The molecule has 20 heteroatoms. The van der Waals surface area contributed by atoms with Crippen LogP contribution >= 0.6 is 11.8 Å². The Morgan fingerprint density at radius 3 is 1.04 bits per heavy atom. The number of hydrogen-bond donors (Lipinski definition) is 2. The van der Waals surface area contributed by atoms with Crippen LogP contribution in [0, 0.1) is 53.8 Å². The molecule has 15 rings (SSSR count). The van der Waals surface area contributed by atoms with E-state index in [0.29, 0.717) is 61.3 Å². The molecular formula is C81H109CuF4IO12S2+2. The van der Waals surface area contributed by atoms with Crippen LogP contribution in [0.25, 0.3) is 0 Å². The monoisotopic (exact) mass is 1600 g/mol. The third-order valence-electron chi connectivity index (χ3n) is 18.6. The smallest absolute Gasteiger partial charge is 0.461 e. The summed E-state index contributed by atoms with van der Waals surface area (Å²) in [5.41, 5.74) is 3.17. The Bertz CT molecular complexity index is 2970. The first-order chi connectivity index (χ1) is 46.5. The Kier molecular flexibility index (Phi) is 37.5. The third-order valence-corrected chi connectivity index (χ3v) is 24.5. The SMILES string of the molecule is C.C1CSCCO1.CC(C)(C)c1ccc([I+]c2ccc(C(C)(C)C)cc2)cc1.CC(C)(C)c1ccc([S+]2CCOCC2)cc1.CC(F)(F)C(=O)OCC12CC3CC(CC(O)(C3)C1)C2.CC(F)(F)C(=O)OCC12CC3CC(CC(O)(C3)C1)C2.O=C=O.O=C=O.[Cu+2].[c-]1ccccc1.[c-]1ccccc1. The van der Waals surface area contributed by atoms with E-state index in [4.69, 9.17) is 38.1 Å². The second-order valence-electron chi connectivity index (χ2n) is 30.7. The van der Waals surface area contributed by atoms with Crippen LogP contribution in [0.2, 0.25) is 0 Å². The van der Waals surface area contributed by atoms with Gasteiger partial charge in [0.1, 0.15) is 11.5 Å². The number of carbonyl (C=O) groups is 2. The molecule has 10 aliphatic rings. The summed E-state index contributed by atoms with van der Waals surface area (Å²) in [5, 5.41) is 21.0. The predicted molar refractivity (Wildman–Crippen MR) is 382 cm³/mol. The van der Waals surface area contributed by atoms with Gasteiger partial charge in [0.15, 0.2) is 12.0 Å². The van der Waals surface area contributed by atoms with Gasteiger partial charge in [0.2, 0.25) is 0 Å². The molecule has 0 amide bonds. The topological polar surface area (TPSA) is 180 Å². The normalized spacial score (nSPS) is 24.8. The summed E-state index contributed by atoms with van der Waals surface area (Å²) in [6, 6.07) is 52.6. The Labute approximate surface area is 627 Å². The molecule has 2 saturated heterocycles. The number of benzene rings is 5. The summed E-state index contributed by atoms with van der Waals surface area (Å²) in [5.74, 6) is -3.11. The number of esters is 2. The van der Waals surface area contributed by atoms with E-state index >= 15 is 0 Å². The van der Waals surface area contributed by atoms with Gasteiger partial charge in [-0.3, -0.25) is 0 Å². The maximum Gasteiger partial charge on any atom is 2.00 e. The van der Waals surface area contributed by atoms with Crippen LogP contribution in [-0.4, -0.2) is 120 Å². The van der Waals surface area contributed by atoms with E-state index in [2.05, 4.69) is 147 Å². The van der Waals surface area contributed by atoms with Gasteiger partial charge in [-0.25, -0.2) is 9.59 Å². The van der Waals surface area contributed by atoms with E-state index in [1.807, 2.05) is 72.4 Å². The average molecular weight is 1610 g/mol. The molecule has 12 nitrogen and oxygen atoms in total. The average Bonchev–Trinajstić information content (AvgIpc) is 0.738. The molecule has 2 heterocycles. The van der Waals surface area contributed by atoms with Gasteiger partial charge < -0.3 is 29.2 Å². The van der Waals surface area contributed by atoms with Gasteiger partial charge in [0.25, 0.3) is 0 Å². The molecule has 2 aliphatic heterocycles. The number of halogens is 5. The minimum absolute atomic E-state index is 0. The number of thioether (sulfide) groups is 1. The van der Waals surface area contributed by atoms with Crippen molar-refractivity contribution in [1.29, 1.82) is 0 Å². The standard InChI is InChI=1S/C20H26I.2C14H20F2O3.C14H21OS.2C6H5.C4H8OS.2CO2.CH4.Cu/c1-19(2,3)15-7-11-17(12-8-15)21-18-13-9-16(10-14-18)20(4,5)6;2*1-12(15,16)11(17)19-8-13-3-9-2-10(4-13)6-14(18,5-9)7-13;1-14(2,3)12-4-6-13(7-5-12)16-10-8-15-9-11-16;2*1-2-4-6-5-3-1;1-3-6-4-2-5-1;2*2-1-3;;/h7-14H,1-6H3;2*9-10,18H,2-8H2,1H3;4-7H,8-11H2,1-3H3;2*1-5H;1-4H2;;;1H4;/q+1;;;+1;2*-1;;;;;+2. The molecule has 8 saturated carbocycles. The number of carbonyl (C=O) groups excluding carboxylic acids is 6. The van der Waals surface area contributed by atoms with Gasteiger partial charge in [-0.05, 0) is 170 Å². The van der Waals surface area contributed by atoms with Crippen LogP contribution in [0.1, 0.15) is 177 Å². The molecule has 2 N–H and O–H groups in total. The molecule has 1 radical (unpaired) electrons. The van der Waals surface area contributed by atoms with Crippen molar-refractivity contribution >= 4 is 46.9 Å². The summed E-state index contributed by atoms with van der Waals surface area (Å²) in [6.07, 6.45) is 10.8. The Balaban J connectivity index is 0.000000314. The van der Waals surface area contributed by atoms with Crippen LogP contribution in [0.5, 0.6) is 0 Å². The number of hydrogen-bond acceptors (Lipinski definition) is 13. The van der Waals surface area contributed by atoms with E-state index in [-0.39, 0.29) is 98.3 Å². The molecule has 5 aromatic rings. The summed E-state index contributed by atoms with van der Waals surface area (Å²) < 4.78 is 74.4. The van der Waals surface area contributed by atoms with E-state index in [9.17, 15) is 37.4 Å². The predicted octanol–water partition coefficient (Wildman–Crippen LogP) is 13.6. The van der Waals surface area contributed by atoms with Crippen LogP contribution in [0.3, 0.4) is 0 Å². The fraction of sp³-hybridized carbons (Fsp3) is 0.580. The van der Waals surface area contributed by atoms with Crippen molar-refractivity contribution < 1.29 is 114 Å². The molecule has 0 spiro atoms. The van der Waals surface area contributed by atoms with Crippen molar-refractivity contribution in [3.05, 3.63) is 169 Å². The minimum atomic E-state index is -3.43. The molecular weight excluding hydrogens is 1500 g/mol. The zero-order valence-electron chi connectivity index (χ0n) is 60.1.